The average molecular weight is 263 g/mol. The lowest BCUT2D eigenvalue weighted by Crippen LogP contribution is -2.18. The van der Waals surface area contributed by atoms with Crippen LogP contribution in [0.2, 0.25) is 0 Å². The average Bonchev–Trinajstić information content (AvgIpc) is 2.55. The number of hydrogen-bond acceptors (Lipinski definition) is 5. The molecule has 92 valence electrons. The second kappa shape index (κ2) is 5.60. The molecule has 1 rings (SSSR count). The summed E-state index contributed by atoms with van der Waals surface area (Å²) in [4.78, 5) is 5.27. The number of sulfonamides is 1. The quantitative estimate of drug-likeness (QED) is 0.805. The molecule has 3 N–H and O–H groups in total. The molecule has 0 aliphatic carbocycles. The number of aromatic nitrogens is 1. The fraction of sp³-hybridized carbons (Fsp3) is 0.667. The fourth-order valence-electron chi connectivity index (χ4n) is 1.26. The fourth-order valence-corrected chi connectivity index (χ4v) is 3.52. The third kappa shape index (κ3) is 3.73. The Balaban J connectivity index is 2.72. The highest BCUT2D eigenvalue weighted by Gasteiger charge is 2.13. The SMILES string of the molecule is CCc1nc(NS(=O)(=O)CCCN)sc1C. The summed E-state index contributed by atoms with van der Waals surface area (Å²) in [6.45, 7) is 4.31. The molecule has 0 saturated heterocycles. The molecule has 0 saturated carbocycles. The summed E-state index contributed by atoms with van der Waals surface area (Å²) in [6.07, 6.45) is 1.27. The number of anilines is 1. The van der Waals surface area contributed by atoms with Crippen LogP contribution in [-0.2, 0) is 16.4 Å². The Morgan fingerprint density at radius 1 is 1.50 bits per heavy atom. The predicted octanol–water partition coefficient (Wildman–Crippen LogP) is 1.10. The lowest BCUT2D eigenvalue weighted by Gasteiger charge is -2.03. The molecule has 0 atom stereocenters. The minimum absolute atomic E-state index is 0.0452. The third-order valence-electron chi connectivity index (χ3n) is 2.09. The van der Waals surface area contributed by atoms with Gasteiger partial charge in [0.05, 0.1) is 11.4 Å². The maximum atomic E-state index is 11.6. The summed E-state index contributed by atoms with van der Waals surface area (Å²) in [5, 5.41) is 0.450. The van der Waals surface area contributed by atoms with Gasteiger partial charge in [0, 0.05) is 4.88 Å². The van der Waals surface area contributed by atoms with Gasteiger partial charge in [0.25, 0.3) is 0 Å². The molecule has 1 heterocycles. The van der Waals surface area contributed by atoms with Gasteiger partial charge in [0.2, 0.25) is 10.0 Å². The van der Waals surface area contributed by atoms with Gasteiger partial charge < -0.3 is 5.73 Å². The van der Waals surface area contributed by atoms with Crippen molar-refractivity contribution in [2.24, 2.45) is 5.73 Å². The van der Waals surface area contributed by atoms with Crippen LogP contribution >= 0.6 is 11.3 Å². The molecular weight excluding hydrogens is 246 g/mol. The molecule has 0 aromatic carbocycles. The Bertz CT molecular complexity index is 440. The molecule has 0 spiro atoms. The van der Waals surface area contributed by atoms with Gasteiger partial charge in [-0.15, -0.1) is 11.3 Å². The predicted molar refractivity (Wildman–Crippen MR) is 67.3 cm³/mol. The van der Waals surface area contributed by atoms with Gasteiger partial charge in [-0.1, -0.05) is 6.92 Å². The highest BCUT2D eigenvalue weighted by molar-refractivity contribution is 7.92. The van der Waals surface area contributed by atoms with E-state index in [1.807, 2.05) is 13.8 Å². The molecule has 16 heavy (non-hydrogen) atoms. The Hall–Kier alpha value is -0.660. The second-order valence-corrected chi connectivity index (χ2v) is 6.48. The number of rotatable bonds is 6. The van der Waals surface area contributed by atoms with Crippen molar-refractivity contribution < 1.29 is 8.42 Å². The van der Waals surface area contributed by atoms with Gasteiger partial charge in [0.15, 0.2) is 5.13 Å². The molecule has 1 aromatic rings. The summed E-state index contributed by atoms with van der Waals surface area (Å²) >= 11 is 1.37. The van der Waals surface area contributed by atoms with Crippen molar-refractivity contribution in [3.8, 4) is 0 Å². The zero-order valence-electron chi connectivity index (χ0n) is 9.49. The first-order valence-electron chi connectivity index (χ1n) is 5.15. The molecule has 0 bridgehead atoms. The zero-order chi connectivity index (χ0) is 12.2. The van der Waals surface area contributed by atoms with E-state index in [0.717, 1.165) is 17.0 Å². The zero-order valence-corrected chi connectivity index (χ0v) is 11.1. The van der Waals surface area contributed by atoms with Crippen molar-refractivity contribution in [1.82, 2.24) is 4.98 Å². The number of nitrogens with zero attached hydrogens (tertiary/aromatic N) is 1. The highest BCUT2D eigenvalue weighted by atomic mass is 32.2. The van der Waals surface area contributed by atoms with E-state index < -0.39 is 10.0 Å². The van der Waals surface area contributed by atoms with E-state index in [2.05, 4.69) is 9.71 Å². The largest absolute Gasteiger partial charge is 0.330 e. The van der Waals surface area contributed by atoms with Gasteiger partial charge in [-0.25, -0.2) is 13.4 Å². The van der Waals surface area contributed by atoms with Crippen molar-refractivity contribution in [1.29, 1.82) is 0 Å². The summed E-state index contributed by atoms with van der Waals surface area (Å²) in [5.41, 5.74) is 6.22. The first-order valence-corrected chi connectivity index (χ1v) is 7.62. The Morgan fingerprint density at radius 3 is 2.69 bits per heavy atom. The van der Waals surface area contributed by atoms with Crippen molar-refractivity contribution >= 4 is 26.5 Å². The van der Waals surface area contributed by atoms with Crippen LogP contribution in [0, 0.1) is 6.92 Å². The third-order valence-corrected chi connectivity index (χ3v) is 4.48. The monoisotopic (exact) mass is 263 g/mol. The maximum absolute atomic E-state index is 11.6. The number of aryl methyl sites for hydroxylation is 2. The van der Waals surface area contributed by atoms with Gasteiger partial charge in [-0.05, 0) is 26.3 Å². The van der Waals surface area contributed by atoms with Gasteiger partial charge in [0.1, 0.15) is 0 Å². The molecule has 1 aromatic heterocycles. The lowest BCUT2D eigenvalue weighted by molar-refractivity contribution is 0.598. The van der Waals surface area contributed by atoms with Crippen LogP contribution < -0.4 is 10.5 Å². The van der Waals surface area contributed by atoms with Crippen molar-refractivity contribution in [3.05, 3.63) is 10.6 Å². The summed E-state index contributed by atoms with van der Waals surface area (Å²) < 4.78 is 25.6. The molecule has 0 aliphatic heterocycles. The van der Waals surface area contributed by atoms with Crippen molar-refractivity contribution in [2.75, 3.05) is 17.0 Å². The Labute approximate surface area is 100 Å². The van der Waals surface area contributed by atoms with Crippen LogP contribution in [0.25, 0.3) is 0 Å². The lowest BCUT2D eigenvalue weighted by atomic mass is 10.3. The van der Waals surface area contributed by atoms with Crippen LogP contribution in [0.15, 0.2) is 0 Å². The Kier molecular flexibility index (Phi) is 4.69. The van der Waals surface area contributed by atoms with E-state index in [4.69, 9.17) is 5.73 Å². The molecule has 5 nitrogen and oxygen atoms in total. The van der Waals surface area contributed by atoms with Gasteiger partial charge >= 0.3 is 0 Å². The highest BCUT2D eigenvalue weighted by Crippen LogP contribution is 2.23. The standard InChI is InChI=1S/C9H17N3O2S2/c1-3-8-7(2)15-9(11-8)12-16(13,14)6-4-5-10/h3-6,10H2,1-2H3,(H,11,12). The smallest absolute Gasteiger partial charge is 0.234 e. The molecule has 7 heteroatoms. The summed E-state index contributed by atoms with van der Waals surface area (Å²) in [5.74, 6) is 0.0452. The molecule has 0 fully saturated rings. The van der Waals surface area contributed by atoms with E-state index in [9.17, 15) is 8.42 Å². The molecule has 0 unspecified atom stereocenters. The van der Waals surface area contributed by atoms with E-state index >= 15 is 0 Å². The normalized spacial score (nSPS) is 11.7. The van der Waals surface area contributed by atoms with E-state index in [1.165, 1.54) is 11.3 Å². The van der Waals surface area contributed by atoms with E-state index in [0.29, 0.717) is 18.1 Å². The minimum atomic E-state index is -3.29. The van der Waals surface area contributed by atoms with Crippen LogP contribution in [0.3, 0.4) is 0 Å². The maximum Gasteiger partial charge on any atom is 0.234 e. The van der Waals surface area contributed by atoms with Gasteiger partial charge in [-0.3, -0.25) is 4.72 Å². The number of nitrogens with one attached hydrogen (secondary N) is 1. The van der Waals surface area contributed by atoms with Crippen molar-refractivity contribution in [2.45, 2.75) is 26.7 Å². The van der Waals surface area contributed by atoms with Crippen LogP contribution in [-0.4, -0.2) is 25.7 Å². The number of thiazole rings is 1. The molecule has 0 amide bonds. The number of nitrogens with two attached hydrogens (primary N) is 1. The van der Waals surface area contributed by atoms with Gasteiger partial charge in [-0.2, -0.15) is 0 Å². The van der Waals surface area contributed by atoms with Crippen LogP contribution in [0.1, 0.15) is 23.9 Å². The van der Waals surface area contributed by atoms with Crippen LogP contribution in [0.4, 0.5) is 5.13 Å². The number of hydrogen-bond donors (Lipinski definition) is 2. The first-order chi connectivity index (χ1) is 7.48. The van der Waals surface area contributed by atoms with E-state index in [1.54, 1.807) is 0 Å². The minimum Gasteiger partial charge on any atom is -0.330 e. The Morgan fingerprint density at radius 2 is 2.19 bits per heavy atom. The summed E-state index contributed by atoms with van der Waals surface area (Å²) in [6, 6.07) is 0. The summed E-state index contributed by atoms with van der Waals surface area (Å²) in [7, 11) is -3.29. The van der Waals surface area contributed by atoms with Crippen molar-refractivity contribution in [3.63, 3.8) is 0 Å². The van der Waals surface area contributed by atoms with E-state index in [-0.39, 0.29) is 5.75 Å². The topological polar surface area (TPSA) is 85.1 Å². The van der Waals surface area contributed by atoms with Crippen LogP contribution in [0.5, 0.6) is 0 Å². The second-order valence-electron chi connectivity index (χ2n) is 3.44. The first kappa shape index (κ1) is 13.4. The molecule has 0 radical (unpaired) electrons. The molecular formula is C9H17N3O2S2. The molecule has 0 aliphatic rings.